The quantitative estimate of drug-likeness (QED) is 0.124. The maximum absolute atomic E-state index is 11.7. The highest BCUT2D eigenvalue weighted by atomic mass is 16.5. The molecule has 0 radical (unpaired) electrons. The molecule has 328 valence electrons. The Morgan fingerprint density at radius 2 is 0.567 bits per heavy atom. The number of nitrogens with zero attached hydrogens (tertiary/aromatic N) is 2. The van der Waals surface area contributed by atoms with E-state index in [4.69, 9.17) is 18.9 Å². The topological polar surface area (TPSA) is 63.6 Å². The van der Waals surface area contributed by atoms with Crippen LogP contribution in [0.1, 0.15) is 0 Å². The Kier molecular flexibility index (Phi) is 11.6. The first-order valence-corrected chi connectivity index (χ1v) is 22.1. The zero-order chi connectivity index (χ0) is 45.9. The van der Waals surface area contributed by atoms with Crippen molar-refractivity contribution >= 4 is 55.7 Å². The third-order valence-electron chi connectivity index (χ3n) is 12.4. The number of benzene rings is 10. The van der Waals surface area contributed by atoms with Crippen molar-refractivity contribution in [2.45, 2.75) is 0 Å². The third-order valence-corrected chi connectivity index (χ3v) is 12.4. The van der Waals surface area contributed by atoms with Gasteiger partial charge in [-0.15, -0.1) is 0 Å². The lowest BCUT2D eigenvalue weighted by Crippen LogP contribution is -2.09. The van der Waals surface area contributed by atoms with Crippen molar-refractivity contribution in [3.63, 3.8) is 0 Å². The molecule has 0 aliphatic carbocycles. The summed E-state index contributed by atoms with van der Waals surface area (Å²) in [6, 6.07) is 72.7. The lowest BCUT2D eigenvalue weighted by atomic mass is 9.94. The van der Waals surface area contributed by atoms with Crippen LogP contribution in [-0.4, -0.2) is 33.5 Å². The zero-order valence-electron chi connectivity index (χ0n) is 37.7. The van der Waals surface area contributed by atoms with Crippen LogP contribution in [0, 0.1) is 0 Å². The lowest BCUT2D eigenvalue weighted by Gasteiger charge is -2.26. The molecular formula is C60H48N2O5. The van der Waals surface area contributed by atoms with Gasteiger partial charge in [0.15, 0.2) is 0 Å². The second-order valence-electron chi connectivity index (χ2n) is 16.2. The second kappa shape index (κ2) is 18.4. The normalized spacial score (nSPS) is 11.0. The van der Waals surface area contributed by atoms with Crippen molar-refractivity contribution < 1.29 is 24.1 Å². The summed E-state index contributed by atoms with van der Waals surface area (Å²) in [6.45, 7) is 0. The minimum Gasteiger partial charge on any atom is -0.507 e. The van der Waals surface area contributed by atoms with Crippen LogP contribution in [0.4, 0.5) is 34.1 Å². The van der Waals surface area contributed by atoms with Crippen molar-refractivity contribution in [2.24, 2.45) is 0 Å². The lowest BCUT2D eigenvalue weighted by molar-refractivity contribution is 0.414. The zero-order valence-corrected chi connectivity index (χ0v) is 37.7. The van der Waals surface area contributed by atoms with Crippen molar-refractivity contribution in [3.8, 4) is 62.1 Å². The maximum atomic E-state index is 11.7. The monoisotopic (exact) mass is 876 g/mol. The van der Waals surface area contributed by atoms with Gasteiger partial charge in [0.2, 0.25) is 0 Å². The summed E-state index contributed by atoms with van der Waals surface area (Å²) in [7, 11) is 6.70. The van der Waals surface area contributed by atoms with E-state index in [9.17, 15) is 5.11 Å². The molecule has 1 N–H and O–H groups in total. The van der Waals surface area contributed by atoms with E-state index in [2.05, 4.69) is 161 Å². The molecule has 0 heterocycles. The molecule has 67 heavy (non-hydrogen) atoms. The van der Waals surface area contributed by atoms with Gasteiger partial charge in [-0.2, -0.15) is 0 Å². The van der Waals surface area contributed by atoms with E-state index in [1.54, 1.807) is 28.4 Å². The summed E-state index contributed by atoms with van der Waals surface area (Å²) in [5, 5.41) is 15.7. The molecule has 0 aliphatic rings. The number of ether oxygens (including phenoxy) is 4. The van der Waals surface area contributed by atoms with E-state index in [1.807, 2.05) is 60.7 Å². The van der Waals surface area contributed by atoms with Crippen LogP contribution >= 0.6 is 0 Å². The number of aromatic hydroxyl groups is 1. The van der Waals surface area contributed by atoms with Gasteiger partial charge >= 0.3 is 0 Å². The van der Waals surface area contributed by atoms with Crippen LogP contribution in [0.15, 0.2) is 212 Å². The average molecular weight is 877 g/mol. The number of rotatable bonds is 13. The molecule has 0 aliphatic heterocycles. The number of hydrogen-bond acceptors (Lipinski definition) is 7. The van der Waals surface area contributed by atoms with Crippen LogP contribution in [0.25, 0.3) is 54.9 Å². The van der Waals surface area contributed by atoms with Gasteiger partial charge in [0.25, 0.3) is 0 Å². The molecule has 0 atom stereocenters. The molecule has 0 saturated carbocycles. The van der Waals surface area contributed by atoms with E-state index in [-0.39, 0.29) is 5.75 Å². The van der Waals surface area contributed by atoms with Gasteiger partial charge in [-0.1, -0.05) is 72.8 Å². The number of methoxy groups -OCH3 is 4. The van der Waals surface area contributed by atoms with E-state index >= 15 is 0 Å². The van der Waals surface area contributed by atoms with Gasteiger partial charge in [0.1, 0.15) is 28.7 Å². The van der Waals surface area contributed by atoms with E-state index in [0.717, 1.165) is 112 Å². The van der Waals surface area contributed by atoms with Crippen LogP contribution in [0.5, 0.6) is 28.7 Å². The number of phenolic OH excluding ortho intramolecular Hbond substituents is 1. The number of fused-ring (bicyclic) bond motifs is 2. The summed E-state index contributed by atoms with van der Waals surface area (Å²) in [6.07, 6.45) is 0. The number of phenols is 1. The minimum absolute atomic E-state index is 0.267. The molecular weight excluding hydrogens is 829 g/mol. The molecule has 0 spiro atoms. The minimum atomic E-state index is 0.267. The molecule has 10 rings (SSSR count). The highest BCUT2D eigenvalue weighted by Gasteiger charge is 2.17. The summed E-state index contributed by atoms with van der Waals surface area (Å²) in [4.78, 5) is 4.42. The fourth-order valence-corrected chi connectivity index (χ4v) is 8.74. The van der Waals surface area contributed by atoms with Gasteiger partial charge in [-0.05, 0) is 184 Å². The van der Waals surface area contributed by atoms with Crippen LogP contribution in [0.3, 0.4) is 0 Å². The summed E-state index contributed by atoms with van der Waals surface area (Å²) >= 11 is 0. The Morgan fingerprint density at radius 1 is 0.284 bits per heavy atom. The van der Waals surface area contributed by atoms with Crippen LogP contribution in [0.2, 0.25) is 0 Å². The summed E-state index contributed by atoms with van der Waals surface area (Å²) < 4.78 is 21.7. The van der Waals surface area contributed by atoms with Crippen molar-refractivity contribution in [1.82, 2.24) is 0 Å². The molecule has 7 nitrogen and oxygen atoms in total. The molecule has 10 aromatic rings. The van der Waals surface area contributed by atoms with E-state index < -0.39 is 0 Å². The van der Waals surface area contributed by atoms with Gasteiger partial charge in [-0.25, -0.2) is 0 Å². The molecule has 0 unspecified atom stereocenters. The second-order valence-corrected chi connectivity index (χ2v) is 16.2. The molecule has 7 heteroatoms. The fraction of sp³-hybridized carbons (Fsp3) is 0.0667. The Balaban J connectivity index is 0.887. The predicted octanol–water partition coefficient (Wildman–Crippen LogP) is 15.7. The first kappa shape index (κ1) is 42.3. The number of anilines is 6. The molecule has 0 saturated heterocycles. The van der Waals surface area contributed by atoms with Crippen molar-refractivity contribution in [1.29, 1.82) is 0 Å². The predicted molar refractivity (Wildman–Crippen MR) is 275 cm³/mol. The highest BCUT2D eigenvalue weighted by Crippen LogP contribution is 2.42. The van der Waals surface area contributed by atoms with Crippen LogP contribution < -0.4 is 28.7 Å². The third kappa shape index (κ3) is 8.54. The molecule has 0 aromatic heterocycles. The summed E-state index contributed by atoms with van der Waals surface area (Å²) in [5.74, 6) is 3.48. The first-order chi connectivity index (χ1) is 32.9. The standard InChI is InChI=1S/C60H48N2O5/c1-64-54-27-19-50(20-28-54)61(51-21-29-55(65-2)30-22-51)48-15-9-40(10-16-48)42-5-6-45-39-46(8-7-44(45)37-42)59-36-14-47-38-43(13-35-58(47)60(59)63)41-11-17-49(18-12-41)62(52-23-31-56(66-3)32-24-52)53-25-33-57(67-4)34-26-53/h5-39,63H,1-4H3. The largest absolute Gasteiger partial charge is 0.507 e. The van der Waals surface area contributed by atoms with Gasteiger partial charge in [0, 0.05) is 45.1 Å². The highest BCUT2D eigenvalue weighted by molar-refractivity contribution is 5.99. The van der Waals surface area contributed by atoms with Gasteiger partial charge < -0.3 is 33.9 Å². The van der Waals surface area contributed by atoms with E-state index in [0.29, 0.717) is 0 Å². The molecule has 0 bridgehead atoms. The Hall–Kier alpha value is -8.68. The van der Waals surface area contributed by atoms with Crippen molar-refractivity contribution in [2.75, 3.05) is 38.2 Å². The first-order valence-electron chi connectivity index (χ1n) is 22.1. The Labute approximate surface area is 390 Å². The fourth-order valence-electron chi connectivity index (χ4n) is 8.74. The Bertz CT molecular complexity index is 3220. The average Bonchev–Trinajstić information content (AvgIpc) is 3.39. The number of hydrogen-bond donors (Lipinski definition) is 1. The molecule has 10 aromatic carbocycles. The molecule has 0 amide bonds. The van der Waals surface area contributed by atoms with Crippen LogP contribution in [-0.2, 0) is 0 Å². The van der Waals surface area contributed by atoms with E-state index in [1.165, 1.54) is 0 Å². The molecule has 0 fully saturated rings. The summed E-state index contributed by atoms with van der Waals surface area (Å²) in [5.41, 5.74) is 12.2. The van der Waals surface area contributed by atoms with Gasteiger partial charge in [-0.3, -0.25) is 0 Å². The smallest absolute Gasteiger partial charge is 0.131 e. The van der Waals surface area contributed by atoms with Gasteiger partial charge in [0.05, 0.1) is 28.4 Å². The Morgan fingerprint density at radius 3 is 0.940 bits per heavy atom. The maximum Gasteiger partial charge on any atom is 0.131 e. The SMILES string of the molecule is COc1ccc(N(c2ccc(OC)cc2)c2ccc(-c3ccc4cc(-c5ccc6cc(-c7ccc(N(c8ccc(OC)cc8)c8ccc(OC)cc8)cc7)ccc6c5O)ccc4c3)cc2)cc1. The van der Waals surface area contributed by atoms with Crippen molar-refractivity contribution in [3.05, 3.63) is 212 Å².